The summed E-state index contributed by atoms with van der Waals surface area (Å²) in [6.45, 7) is 0. The molecular formula is C22H19N3O4S. The van der Waals surface area contributed by atoms with Gasteiger partial charge in [0, 0.05) is 41.0 Å². The number of hydrogen-bond donors (Lipinski definition) is 3. The summed E-state index contributed by atoms with van der Waals surface area (Å²) in [5, 5.41) is 9.60. The first-order valence-electron chi connectivity index (χ1n) is 9.11. The summed E-state index contributed by atoms with van der Waals surface area (Å²) in [4.78, 5) is 11.4. The number of hydroxylamine groups is 1. The fourth-order valence-corrected chi connectivity index (χ4v) is 4.42. The molecule has 0 aliphatic rings. The van der Waals surface area contributed by atoms with E-state index < -0.39 is 15.9 Å². The maximum absolute atomic E-state index is 12.8. The molecule has 0 aliphatic heterocycles. The van der Waals surface area contributed by atoms with Gasteiger partial charge in [-0.2, -0.15) is 0 Å². The zero-order chi connectivity index (χ0) is 21.3. The SMILES string of the molecule is Cn1cc(-c2ccccc2)c2cc(NS(=O)(=O)c3ccc(C(=O)NO)cc3)ccc21. The topological polar surface area (TPSA) is 100 Å². The highest BCUT2D eigenvalue weighted by molar-refractivity contribution is 7.92. The Bertz CT molecular complexity index is 1330. The third kappa shape index (κ3) is 3.66. The van der Waals surface area contributed by atoms with Crippen LogP contribution in [-0.2, 0) is 17.1 Å². The third-order valence-corrected chi connectivity index (χ3v) is 6.25. The Morgan fingerprint density at radius 3 is 2.33 bits per heavy atom. The van der Waals surface area contributed by atoms with E-state index in [4.69, 9.17) is 5.21 Å². The Hall–Kier alpha value is -3.62. The molecule has 4 aromatic rings. The zero-order valence-electron chi connectivity index (χ0n) is 16.0. The predicted molar refractivity (Wildman–Crippen MR) is 115 cm³/mol. The number of amides is 1. The molecule has 0 saturated carbocycles. The normalized spacial score (nSPS) is 11.4. The Balaban J connectivity index is 1.69. The van der Waals surface area contributed by atoms with E-state index in [0.29, 0.717) is 5.69 Å². The monoisotopic (exact) mass is 421 g/mol. The Labute approximate surface area is 173 Å². The van der Waals surface area contributed by atoms with Crippen molar-refractivity contribution in [1.29, 1.82) is 0 Å². The first kappa shape index (κ1) is 19.7. The van der Waals surface area contributed by atoms with Gasteiger partial charge >= 0.3 is 0 Å². The summed E-state index contributed by atoms with van der Waals surface area (Å²) in [6, 6.07) is 20.5. The number of aromatic nitrogens is 1. The smallest absolute Gasteiger partial charge is 0.274 e. The summed E-state index contributed by atoms with van der Waals surface area (Å²) in [5.74, 6) is -0.713. The number of nitrogens with one attached hydrogen (secondary N) is 2. The standard InChI is InChI=1S/C22H19N3O4S/c1-25-14-20(15-5-3-2-4-6-15)19-13-17(9-12-21(19)25)24-30(28,29)18-10-7-16(8-11-18)22(26)23-27/h2-14,24,27H,1H3,(H,23,26). The molecule has 0 unspecified atom stereocenters. The van der Waals surface area contributed by atoms with Crippen LogP contribution in [0.2, 0.25) is 0 Å². The predicted octanol–water partition coefficient (Wildman–Crippen LogP) is 3.77. The number of fused-ring (bicyclic) bond motifs is 1. The molecule has 0 aliphatic carbocycles. The van der Waals surface area contributed by atoms with E-state index in [1.54, 1.807) is 6.07 Å². The highest BCUT2D eigenvalue weighted by atomic mass is 32.2. The molecule has 8 heteroatoms. The number of anilines is 1. The summed E-state index contributed by atoms with van der Waals surface area (Å²) < 4.78 is 30.2. The summed E-state index contributed by atoms with van der Waals surface area (Å²) in [7, 11) is -1.91. The van der Waals surface area contributed by atoms with Gasteiger partial charge in [0.1, 0.15) is 0 Å². The molecule has 30 heavy (non-hydrogen) atoms. The second-order valence-corrected chi connectivity index (χ2v) is 8.50. The fourth-order valence-electron chi connectivity index (χ4n) is 3.37. The van der Waals surface area contributed by atoms with Crippen molar-refractivity contribution in [3.8, 4) is 11.1 Å². The summed E-state index contributed by atoms with van der Waals surface area (Å²) in [6.07, 6.45) is 2.02. The lowest BCUT2D eigenvalue weighted by Crippen LogP contribution is -2.19. The second kappa shape index (κ2) is 7.66. The molecule has 7 nitrogen and oxygen atoms in total. The number of carbonyl (C=O) groups is 1. The average molecular weight is 421 g/mol. The second-order valence-electron chi connectivity index (χ2n) is 6.82. The van der Waals surface area contributed by atoms with Crippen LogP contribution in [-0.4, -0.2) is 24.1 Å². The van der Waals surface area contributed by atoms with E-state index in [1.165, 1.54) is 29.7 Å². The molecule has 1 amide bonds. The quantitative estimate of drug-likeness (QED) is 0.337. The van der Waals surface area contributed by atoms with E-state index >= 15 is 0 Å². The van der Waals surface area contributed by atoms with Crippen LogP contribution in [0.25, 0.3) is 22.0 Å². The van der Waals surface area contributed by atoms with Gasteiger partial charge in [-0.1, -0.05) is 30.3 Å². The molecule has 0 saturated heterocycles. The largest absolute Gasteiger partial charge is 0.350 e. The minimum atomic E-state index is -3.85. The van der Waals surface area contributed by atoms with Gasteiger partial charge < -0.3 is 4.57 Å². The molecule has 0 radical (unpaired) electrons. The van der Waals surface area contributed by atoms with Gasteiger partial charge in [0.15, 0.2) is 0 Å². The summed E-state index contributed by atoms with van der Waals surface area (Å²) in [5.41, 5.74) is 5.13. The van der Waals surface area contributed by atoms with Crippen molar-refractivity contribution in [2.45, 2.75) is 4.90 Å². The first-order valence-corrected chi connectivity index (χ1v) is 10.6. The van der Waals surface area contributed by atoms with E-state index in [-0.39, 0.29) is 10.5 Å². The van der Waals surface area contributed by atoms with Crippen LogP contribution in [0.5, 0.6) is 0 Å². The van der Waals surface area contributed by atoms with Crippen LogP contribution < -0.4 is 10.2 Å². The molecule has 152 valence electrons. The lowest BCUT2D eigenvalue weighted by Gasteiger charge is -2.09. The minimum Gasteiger partial charge on any atom is -0.350 e. The van der Waals surface area contributed by atoms with E-state index in [2.05, 4.69) is 4.72 Å². The summed E-state index contributed by atoms with van der Waals surface area (Å²) >= 11 is 0. The Morgan fingerprint density at radius 2 is 1.67 bits per heavy atom. The van der Waals surface area contributed by atoms with E-state index in [9.17, 15) is 13.2 Å². The third-order valence-electron chi connectivity index (χ3n) is 4.85. The molecule has 1 aromatic heterocycles. The van der Waals surface area contributed by atoms with Gasteiger partial charge in [0.25, 0.3) is 15.9 Å². The number of benzene rings is 3. The maximum atomic E-state index is 12.8. The van der Waals surface area contributed by atoms with Crippen LogP contribution in [0.4, 0.5) is 5.69 Å². The van der Waals surface area contributed by atoms with Crippen LogP contribution >= 0.6 is 0 Å². The fraction of sp³-hybridized carbons (Fsp3) is 0.0455. The first-order chi connectivity index (χ1) is 14.4. The lowest BCUT2D eigenvalue weighted by molar-refractivity contribution is 0.0706. The molecule has 4 rings (SSSR count). The number of carbonyl (C=O) groups excluding carboxylic acids is 1. The Kier molecular flexibility index (Phi) is 5.03. The van der Waals surface area contributed by atoms with Crippen molar-refractivity contribution in [2.24, 2.45) is 7.05 Å². The Morgan fingerprint density at radius 1 is 0.967 bits per heavy atom. The molecule has 0 atom stereocenters. The van der Waals surface area contributed by atoms with Crippen molar-refractivity contribution in [1.82, 2.24) is 10.0 Å². The van der Waals surface area contributed by atoms with E-state index in [1.807, 2.05) is 60.3 Å². The molecule has 0 fully saturated rings. The molecular weight excluding hydrogens is 402 g/mol. The van der Waals surface area contributed by atoms with Crippen molar-refractivity contribution >= 4 is 32.5 Å². The van der Waals surface area contributed by atoms with Gasteiger partial charge in [-0.3, -0.25) is 14.7 Å². The molecule has 1 heterocycles. The number of hydrogen-bond acceptors (Lipinski definition) is 4. The maximum Gasteiger partial charge on any atom is 0.274 e. The highest BCUT2D eigenvalue weighted by Crippen LogP contribution is 2.32. The van der Waals surface area contributed by atoms with Gasteiger partial charge in [0.05, 0.1) is 4.90 Å². The van der Waals surface area contributed by atoms with E-state index in [0.717, 1.165) is 22.0 Å². The van der Waals surface area contributed by atoms with Crippen molar-refractivity contribution in [2.75, 3.05) is 4.72 Å². The van der Waals surface area contributed by atoms with Crippen LogP contribution in [0, 0.1) is 0 Å². The zero-order valence-corrected chi connectivity index (χ0v) is 16.8. The number of rotatable bonds is 5. The van der Waals surface area contributed by atoms with Gasteiger partial charge in [-0.25, -0.2) is 13.9 Å². The van der Waals surface area contributed by atoms with Gasteiger partial charge in [0.2, 0.25) is 0 Å². The molecule has 0 bridgehead atoms. The number of sulfonamides is 1. The van der Waals surface area contributed by atoms with Gasteiger partial charge in [-0.15, -0.1) is 0 Å². The molecule has 3 N–H and O–H groups in total. The van der Waals surface area contributed by atoms with Crippen molar-refractivity contribution < 1.29 is 18.4 Å². The molecule has 0 spiro atoms. The number of aryl methyl sites for hydroxylation is 1. The lowest BCUT2D eigenvalue weighted by atomic mass is 10.0. The van der Waals surface area contributed by atoms with Gasteiger partial charge in [-0.05, 0) is 48.0 Å². The van der Waals surface area contributed by atoms with Crippen LogP contribution in [0.1, 0.15) is 10.4 Å². The average Bonchev–Trinajstić information content (AvgIpc) is 3.09. The van der Waals surface area contributed by atoms with Crippen LogP contribution in [0.3, 0.4) is 0 Å². The minimum absolute atomic E-state index is 0.00781. The highest BCUT2D eigenvalue weighted by Gasteiger charge is 2.17. The van der Waals surface area contributed by atoms with Crippen LogP contribution in [0.15, 0.2) is 83.9 Å². The number of nitrogens with zero attached hydrogens (tertiary/aromatic N) is 1. The van der Waals surface area contributed by atoms with Crippen molar-refractivity contribution in [3.05, 3.63) is 84.6 Å². The van der Waals surface area contributed by atoms with Crippen molar-refractivity contribution in [3.63, 3.8) is 0 Å². The molecule has 3 aromatic carbocycles.